The molecule has 0 bridgehead atoms. The summed E-state index contributed by atoms with van der Waals surface area (Å²) in [5.41, 5.74) is 1.22. The van der Waals surface area contributed by atoms with Gasteiger partial charge in [0.2, 0.25) is 0 Å². The third-order valence-corrected chi connectivity index (χ3v) is 3.54. The van der Waals surface area contributed by atoms with E-state index in [1.54, 1.807) is 7.11 Å². The van der Waals surface area contributed by atoms with E-state index in [-0.39, 0.29) is 6.10 Å². The molecule has 18 heavy (non-hydrogen) atoms. The molecule has 0 saturated heterocycles. The maximum atomic E-state index is 9.18. The van der Waals surface area contributed by atoms with Crippen molar-refractivity contribution < 1.29 is 9.84 Å². The summed E-state index contributed by atoms with van der Waals surface area (Å²) < 4.78 is 6.18. The van der Waals surface area contributed by atoms with Crippen LogP contribution in [-0.4, -0.2) is 24.9 Å². The van der Waals surface area contributed by atoms with Crippen LogP contribution in [0.4, 0.5) is 0 Å². The van der Waals surface area contributed by atoms with E-state index < -0.39 is 0 Å². The highest BCUT2D eigenvalue weighted by molar-refractivity contribution is 9.10. The smallest absolute Gasteiger partial charge is 0.133 e. The largest absolute Gasteiger partial charge is 0.496 e. The first-order chi connectivity index (χ1) is 8.54. The second kappa shape index (κ2) is 7.77. The van der Waals surface area contributed by atoms with Gasteiger partial charge in [-0.15, -0.1) is 0 Å². The van der Waals surface area contributed by atoms with Crippen LogP contribution in [0.15, 0.2) is 22.7 Å². The second-order valence-electron chi connectivity index (χ2n) is 4.56. The van der Waals surface area contributed by atoms with Gasteiger partial charge >= 0.3 is 0 Å². The number of rotatable bonds is 7. The fraction of sp³-hybridized carbons (Fsp3) is 0.571. The first-order valence-electron chi connectivity index (χ1n) is 6.29. The Labute approximate surface area is 118 Å². The van der Waals surface area contributed by atoms with E-state index in [9.17, 15) is 5.11 Å². The van der Waals surface area contributed by atoms with Crippen LogP contribution in [0.2, 0.25) is 0 Å². The molecule has 3 nitrogen and oxygen atoms in total. The highest BCUT2D eigenvalue weighted by atomic mass is 79.9. The summed E-state index contributed by atoms with van der Waals surface area (Å²) in [7, 11) is 1.66. The monoisotopic (exact) mass is 315 g/mol. The number of aliphatic hydroxyl groups excluding tert-OH is 1. The van der Waals surface area contributed by atoms with Crippen molar-refractivity contribution in [3.8, 4) is 5.75 Å². The van der Waals surface area contributed by atoms with Crippen LogP contribution in [0.5, 0.6) is 5.75 Å². The van der Waals surface area contributed by atoms with Crippen molar-refractivity contribution in [2.75, 3.05) is 13.7 Å². The van der Waals surface area contributed by atoms with Gasteiger partial charge in [-0.1, -0.05) is 6.07 Å². The van der Waals surface area contributed by atoms with Gasteiger partial charge in [0.05, 0.1) is 17.7 Å². The molecule has 1 aromatic carbocycles. The highest BCUT2D eigenvalue weighted by Gasteiger charge is 2.07. The maximum Gasteiger partial charge on any atom is 0.133 e. The Bertz CT molecular complexity index is 369. The van der Waals surface area contributed by atoms with Gasteiger partial charge in [0.1, 0.15) is 5.75 Å². The zero-order chi connectivity index (χ0) is 13.5. The number of aliphatic hydroxyl groups is 1. The summed E-state index contributed by atoms with van der Waals surface area (Å²) in [5.74, 6) is 0.847. The molecule has 1 aromatic rings. The highest BCUT2D eigenvalue weighted by Crippen LogP contribution is 2.27. The zero-order valence-corrected chi connectivity index (χ0v) is 12.8. The van der Waals surface area contributed by atoms with E-state index in [1.807, 2.05) is 13.0 Å². The quantitative estimate of drug-likeness (QED) is 0.759. The predicted molar refractivity (Wildman–Crippen MR) is 78.0 cm³/mol. The van der Waals surface area contributed by atoms with Crippen LogP contribution >= 0.6 is 15.9 Å². The van der Waals surface area contributed by atoms with Gasteiger partial charge in [-0.25, -0.2) is 0 Å². The minimum atomic E-state index is -0.211. The molecule has 4 heteroatoms. The lowest BCUT2D eigenvalue weighted by atomic mass is 10.1. The van der Waals surface area contributed by atoms with E-state index in [4.69, 9.17) is 4.74 Å². The van der Waals surface area contributed by atoms with Crippen molar-refractivity contribution in [2.45, 2.75) is 38.8 Å². The van der Waals surface area contributed by atoms with E-state index in [0.717, 1.165) is 29.6 Å². The summed E-state index contributed by atoms with van der Waals surface area (Å²) in [5, 5.41) is 12.6. The Morgan fingerprint density at radius 1 is 1.39 bits per heavy atom. The van der Waals surface area contributed by atoms with Crippen molar-refractivity contribution in [1.29, 1.82) is 0 Å². The molecule has 0 aliphatic carbocycles. The van der Waals surface area contributed by atoms with E-state index >= 15 is 0 Å². The van der Waals surface area contributed by atoms with Crippen LogP contribution in [0.1, 0.15) is 38.3 Å². The summed E-state index contributed by atoms with van der Waals surface area (Å²) >= 11 is 3.49. The SMILES string of the molecule is COc1ccc(C(C)NCCCC(C)O)cc1Br. The number of benzene rings is 1. The molecule has 2 unspecified atom stereocenters. The van der Waals surface area contributed by atoms with Gasteiger partial charge in [0.25, 0.3) is 0 Å². The Kier molecular flexibility index (Phi) is 6.68. The lowest BCUT2D eigenvalue weighted by Gasteiger charge is -2.16. The zero-order valence-electron chi connectivity index (χ0n) is 11.2. The van der Waals surface area contributed by atoms with Gasteiger partial charge in [0.15, 0.2) is 0 Å². The molecule has 0 aliphatic heterocycles. The summed E-state index contributed by atoms with van der Waals surface area (Å²) in [6.07, 6.45) is 1.61. The topological polar surface area (TPSA) is 41.5 Å². The minimum Gasteiger partial charge on any atom is -0.496 e. The van der Waals surface area contributed by atoms with Crippen molar-refractivity contribution in [3.05, 3.63) is 28.2 Å². The number of hydrogen-bond donors (Lipinski definition) is 2. The number of ether oxygens (including phenoxy) is 1. The van der Waals surface area contributed by atoms with Crippen LogP contribution < -0.4 is 10.1 Å². The van der Waals surface area contributed by atoms with E-state index in [1.165, 1.54) is 5.56 Å². The fourth-order valence-electron chi connectivity index (χ4n) is 1.79. The lowest BCUT2D eigenvalue weighted by Crippen LogP contribution is -2.20. The molecule has 2 N–H and O–H groups in total. The Balaban J connectivity index is 2.46. The molecule has 0 heterocycles. The van der Waals surface area contributed by atoms with E-state index in [2.05, 4.69) is 40.3 Å². The third-order valence-electron chi connectivity index (χ3n) is 2.93. The average Bonchev–Trinajstić information content (AvgIpc) is 2.34. The fourth-order valence-corrected chi connectivity index (χ4v) is 2.34. The molecule has 0 amide bonds. The van der Waals surface area contributed by atoms with Crippen LogP contribution in [-0.2, 0) is 0 Å². The molecule has 0 aliphatic rings. The Morgan fingerprint density at radius 2 is 2.11 bits per heavy atom. The summed E-state index contributed by atoms with van der Waals surface area (Å²) in [6.45, 7) is 4.87. The maximum absolute atomic E-state index is 9.18. The number of halogens is 1. The van der Waals surface area contributed by atoms with E-state index in [0.29, 0.717) is 6.04 Å². The van der Waals surface area contributed by atoms with Crippen molar-refractivity contribution in [1.82, 2.24) is 5.32 Å². The molecule has 0 saturated carbocycles. The second-order valence-corrected chi connectivity index (χ2v) is 5.42. The summed E-state index contributed by atoms with van der Waals surface area (Å²) in [4.78, 5) is 0. The first-order valence-corrected chi connectivity index (χ1v) is 7.08. The van der Waals surface area contributed by atoms with Gasteiger partial charge in [-0.2, -0.15) is 0 Å². The minimum absolute atomic E-state index is 0.211. The average molecular weight is 316 g/mol. The molecular weight excluding hydrogens is 294 g/mol. The molecule has 102 valence electrons. The third kappa shape index (κ3) is 4.96. The normalized spacial score (nSPS) is 14.3. The van der Waals surface area contributed by atoms with Gasteiger partial charge in [0, 0.05) is 6.04 Å². The van der Waals surface area contributed by atoms with Gasteiger partial charge < -0.3 is 15.2 Å². The number of nitrogens with one attached hydrogen (secondary N) is 1. The van der Waals surface area contributed by atoms with Crippen LogP contribution in [0.3, 0.4) is 0 Å². The lowest BCUT2D eigenvalue weighted by molar-refractivity contribution is 0.181. The van der Waals surface area contributed by atoms with Crippen molar-refractivity contribution >= 4 is 15.9 Å². The molecule has 0 spiro atoms. The predicted octanol–water partition coefficient (Wildman–Crippen LogP) is 3.27. The molecule has 2 atom stereocenters. The van der Waals surface area contributed by atoms with Gasteiger partial charge in [-0.05, 0) is 66.9 Å². The molecular formula is C14H22BrNO2. The summed E-state index contributed by atoms with van der Waals surface area (Å²) in [6, 6.07) is 6.40. The van der Waals surface area contributed by atoms with Gasteiger partial charge in [-0.3, -0.25) is 0 Å². The number of hydrogen-bond acceptors (Lipinski definition) is 3. The molecule has 0 aromatic heterocycles. The van der Waals surface area contributed by atoms with Crippen molar-refractivity contribution in [3.63, 3.8) is 0 Å². The first kappa shape index (κ1) is 15.5. The molecule has 0 fully saturated rings. The van der Waals surface area contributed by atoms with Crippen LogP contribution in [0.25, 0.3) is 0 Å². The van der Waals surface area contributed by atoms with Crippen molar-refractivity contribution in [2.24, 2.45) is 0 Å². The molecule has 0 radical (unpaired) electrons. The Morgan fingerprint density at radius 3 is 2.67 bits per heavy atom. The standard InChI is InChI=1S/C14H22BrNO2/c1-10(17)5-4-8-16-11(2)12-6-7-14(18-3)13(15)9-12/h6-7,9-11,16-17H,4-5,8H2,1-3H3. The molecule has 1 rings (SSSR count). The van der Waals surface area contributed by atoms with Crippen LogP contribution in [0, 0.1) is 0 Å². The Hall–Kier alpha value is -0.580. The number of methoxy groups -OCH3 is 1.